The third-order valence-corrected chi connectivity index (χ3v) is 2.66. The van der Waals surface area contributed by atoms with Crippen LogP contribution in [0.25, 0.3) is 0 Å². The van der Waals surface area contributed by atoms with Gasteiger partial charge < -0.3 is 14.9 Å². The Morgan fingerprint density at radius 3 is 2.85 bits per heavy atom. The number of carbonyl (C=O) groups is 1. The number of anilines is 1. The number of nitrogens with one attached hydrogen (secondary N) is 1. The highest BCUT2D eigenvalue weighted by atomic mass is 16.5. The summed E-state index contributed by atoms with van der Waals surface area (Å²) in [5.41, 5.74) is 2.51. The van der Waals surface area contributed by atoms with Gasteiger partial charge in [-0.2, -0.15) is 0 Å². The number of amides is 1. The first-order valence-electron chi connectivity index (χ1n) is 6.05. The van der Waals surface area contributed by atoms with E-state index >= 15 is 0 Å². The zero-order valence-corrected chi connectivity index (χ0v) is 11.2. The molecule has 1 amide bonds. The normalized spacial score (nSPS) is 9.75. The van der Waals surface area contributed by atoms with Gasteiger partial charge in [-0.25, -0.2) is 0 Å². The summed E-state index contributed by atoms with van der Waals surface area (Å²) in [7, 11) is 0. The highest BCUT2D eigenvalue weighted by Gasteiger charge is 2.12. The molecule has 5 heteroatoms. The Morgan fingerprint density at radius 1 is 1.40 bits per heavy atom. The molecule has 102 valence electrons. The lowest BCUT2D eigenvalue weighted by Crippen LogP contribution is -2.13. The molecule has 1 aromatic carbocycles. The fourth-order valence-electron chi connectivity index (χ4n) is 1.64. The number of carbonyl (C=O) groups excluding carboxylic acids is 1. The van der Waals surface area contributed by atoms with Gasteiger partial charge in [-0.05, 0) is 31.5 Å². The lowest BCUT2D eigenvalue weighted by Gasteiger charge is -2.07. The van der Waals surface area contributed by atoms with Gasteiger partial charge in [0.25, 0.3) is 5.91 Å². The number of nitrogens with zero attached hydrogens (tertiary/aromatic N) is 1. The van der Waals surface area contributed by atoms with Crippen molar-refractivity contribution in [2.75, 3.05) is 11.9 Å². The molecule has 0 atom stereocenters. The first kappa shape index (κ1) is 13.8. The smallest absolute Gasteiger partial charge is 0.277 e. The van der Waals surface area contributed by atoms with E-state index in [-0.39, 0.29) is 18.2 Å². The van der Waals surface area contributed by atoms with Crippen molar-refractivity contribution in [1.82, 2.24) is 5.16 Å². The maximum atomic E-state index is 12.0. The van der Waals surface area contributed by atoms with Crippen LogP contribution in [0.4, 0.5) is 5.69 Å². The Morgan fingerprint density at radius 2 is 2.20 bits per heavy atom. The van der Waals surface area contributed by atoms with Crippen LogP contribution in [0.2, 0.25) is 0 Å². The molecule has 0 unspecified atom stereocenters. The third kappa shape index (κ3) is 3.25. The molecule has 0 radical (unpaired) electrons. The second-order valence-corrected chi connectivity index (χ2v) is 4.27. The molecule has 0 aliphatic carbocycles. The van der Waals surface area contributed by atoms with E-state index in [1.165, 1.54) is 0 Å². The molecule has 1 aromatic heterocycles. The predicted molar refractivity (Wildman–Crippen MR) is 74.3 cm³/mol. The van der Waals surface area contributed by atoms with E-state index in [2.05, 4.69) is 22.3 Å². The molecule has 0 fully saturated rings. The fraction of sp³-hybridized carbons (Fsp3) is 0.200. The molecule has 0 aliphatic rings. The molecule has 0 bridgehead atoms. The SMILES string of the molecule is Cc1cc(C(=O)Nc2cc(C#CCO)ccc2C)no1. The van der Waals surface area contributed by atoms with Crippen molar-refractivity contribution < 1.29 is 14.4 Å². The summed E-state index contributed by atoms with van der Waals surface area (Å²) in [6.45, 7) is 3.40. The zero-order valence-electron chi connectivity index (χ0n) is 11.2. The molecule has 0 spiro atoms. The summed E-state index contributed by atoms with van der Waals surface area (Å²) >= 11 is 0. The maximum Gasteiger partial charge on any atom is 0.277 e. The van der Waals surface area contributed by atoms with Crippen molar-refractivity contribution in [2.24, 2.45) is 0 Å². The topological polar surface area (TPSA) is 75.4 Å². The van der Waals surface area contributed by atoms with Crippen molar-refractivity contribution in [2.45, 2.75) is 13.8 Å². The fourth-order valence-corrected chi connectivity index (χ4v) is 1.64. The van der Waals surface area contributed by atoms with Crippen LogP contribution >= 0.6 is 0 Å². The van der Waals surface area contributed by atoms with Crippen LogP contribution in [0.15, 0.2) is 28.8 Å². The number of hydrogen-bond donors (Lipinski definition) is 2. The van der Waals surface area contributed by atoms with Crippen LogP contribution in [0.3, 0.4) is 0 Å². The second-order valence-electron chi connectivity index (χ2n) is 4.27. The Balaban J connectivity index is 2.22. The van der Waals surface area contributed by atoms with Crippen molar-refractivity contribution in [3.05, 3.63) is 46.8 Å². The van der Waals surface area contributed by atoms with Crippen molar-refractivity contribution in [3.63, 3.8) is 0 Å². The number of hydrogen-bond acceptors (Lipinski definition) is 4. The Labute approximate surface area is 116 Å². The number of benzene rings is 1. The molecule has 2 rings (SSSR count). The van der Waals surface area contributed by atoms with Crippen LogP contribution in [-0.4, -0.2) is 22.8 Å². The van der Waals surface area contributed by atoms with Gasteiger partial charge in [-0.3, -0.25) is 4.79 Å². The number of rotatable bonds is 2. The minimum absolute atomic E-state index is 0.201. The highest BCUT2D eigenvalue weighted by Crippen LogP contribution is 2.17. The summed E-state index contributed by atoms with van der Waals surface area (Å²) in [5, 5.41) is 15.1. The zero-order chi connectivity index (χ0) is 14.5. The van der Waals surface area contributed by atoms with Gasteiger partial charge in [0.15, 0.2) is 5.69 Å². The van der Waals surface area contributed by atoms with Gasteiger partial charge in [-0.15, -0.1) is 0 Å². The second kappa shape index (κ2) is 6.04. The van der Waals surface area contributed by atoms with Gasteiger partial charge >= 0.3 is 0 Å². The van der Waals surface area contributed by atoms with Crippen LogP contribution < -0.4 is 5.32 Å². The number of aryl methyl sites for hydroxylation is 2. The minimum atomic E-state index is -0.336. The number of aliphatic hydroxyl groups is 1. The molecular formula is C15H14N2O3. The van der Waals surface area contributed by atoms with Crippen molar-refractivity contribution in [3.8, 4) is 11.8 Å². The van der Waals surface area contributed by atoms with E-state index in [0.29, 0.717) is 11.4 Å². The Kier molecular flexibility index (Phi) is 4.18. The standard InChI is InChI=1S/C15H14N2O3/c1-10-5-6-12(4-3-7-18)9-13(10)16-15(19)14-8-11(2)20-17-14/h5-6,8-9,18H,7H2,1-2H3,(H,16,19). The number of aromatic nitrogens is 1. The average Bonchev–Trinajstić information content (AvgIpc) is 2.86. The highest BCUT2D eigenvalue weighted by molar-refractivity contribution is 6.03. The molecule has 5 nitrogen and oxygen atoms in total. The minimum Gasteiger partial charge on any atom is -0.384 e. The molecule has 0 saturated heterocycles. The molecule has 20 heavy (non-hydrogen) atoms. The van der Waals surface area contributed by atoms with Crippen molar-refractivity contribution in [1.29, 1.82) is 0 Å². The summed E-state index contributed by atoms with van der Waals surface area (Å²) in [5.74, 6) is 5.60. The molecular weight excluding hydrogens is 256 g/mol. The van der Waals surface area contributed by atoms with Gasteiger partial charge in [0.1, 0.15) is 12.4 Å². The van der Waals surface area contributed by atoms with Gasteiger partial charge in [-0.1, -0.05) is 23.1 Å². The molecule has 2 aromatic rings. The van der Waals surface area contributed by atoms with Gasteiger partial charge in [0.2, 0.25) is 0 Å². The lowest BCUT2D eigenvalue weighted by molar-refractivity contribution is 0.101. The third-order valence-electron chi connectivity index (χ3n) is 2.66. The van der Waals surface area contributed by atoms with Crippen LogP contribution in [0.5, 0.6) is 0 Å². The maximum absolute atomic E-state index is 12.0. The molecule has 1 heterocycles. The van der Waals surface area contributed by atoms with E-state index < -0.39 is 0 Å². The number of aliphatic hydroxyl groups excluding tert-OH is 1. The molecule has 2 N–H and O–H groups in total. The summed E-state index contributed by atoms with van der Waals surface area (Å²) < 4.78 is 4.87. The van der Waals surface area contributed by atoms with E-state index in [0.717, 1.165) is 11.1 Å². The van der Waals surface area contributed by atoms with Crippen LogP contribution in [0, 0.1) is 25.7 Å². The first-order chi connectivity index (χ1) is 9.60. The lowest BCUT2D eigenvalue weighted by atomic mass is 10.1. The van der Waals surface area contributed by atoms with Gasteiger partial charge in [0, 0.05) is 17.3 Å². The van der Waals surface area contributed by atoms with E-state index in [1.807, 2.05) is 19.1 Å². The Hall–Kier alpha value is -2.58. The van der Waals surface area contributed by atoms with Crippen molar-refractivity contribution >= 4 is 11.6 Å². The summed E-state index contributed by atoms with van der Waals surface area (Å²) in [4.78, 5) is 12.0. The molecule has 0 aliphatic heterocycles. The summed E-state index contributed by atoms with van der Waals surface area (Å²) in [6, 6.07) is 7.00. The van der Waals surface area contributed by atoms with Crippen LogP contribution in [-0.2, 0) is 0 Å². The largest absolute Gasteiger partial charge is 0.384 e. The van der Waals surface area contributed by atoms with Gasteiger partial charge in [0.05, 0.1) is 0 Å². The quantitative estimate of drug-likeness (QED) is 0.817. The summed E-state index contributed by atoms with van der Waals surface area (Å²) in [6.07, 6.45) is 0. The van der Waals surface area contributed by atoms with E-state index in [4.69, 9.17) is 9.63 Å². The Bertz CT molecular complexity index is 693. The monoisotopic (exact) mass is 270 g/mol. The first-order valence-corrected chi connectivity index (χ1v) is 6.05. The van der Waals surface area contributed by atoms with Crippen LogP contribution in [0.1, 0.15) is 27.4 Å². The predicted octanol–water partition coefficient (Wildman–Crippen LogP) is 1.89. The van der Waals surface area contributed by atoms with E-state index in [1.54, 1.807) is 19.1 Å². The average molecular weight is 270 g/mol. The van der Waals surface area contributed by atoms with E-state index in [9.17, 15) is 4.79 Å². The molecule has 0 saturated carbocycles.